The van der Waals surface area contributed by atoms with Crippen LogP contribution in [0.5, 0.6) is 5.88 Å². The molecule has 8 nitrogen and oxygen atoms in total. The molecule has 0 aliphatic heterocycles. The number of nitrogens with one attached hydrogen (secondary N) is 2. The number of nitrogens with zero attached hydrogens (tertiary/aromatic N) is 3. The first kappa shape index (κ1) is 23.2. The Bertz CT molecular complexity index is 1100. The van der Waals surface area contributed by atoms with Crippen LogP contribution >= 0.6 is 0 Å². The number of pyridine rings is 2. The first-order chi connectivity index (χ1) is 16.5. The number of ether oxygens (including phenoxy) is 1. The molecule has 1 unspecified atom stereocenters. The highest BCUT2D eigenvalue weighted by atomic mass is 16.5. The molecule has 1 atom stereocenters. The summed E-state index contributed by atoms with van der Waals surface area (Å²) in [5.74, 6) is 0.587. The highest BCUT2D eigenvalue weighted by Crippen LogP contribution is 2.34. The van der Waals surface area contributed by atoms with Gasteiger partial charge in [0, 0.05) is 42.4 Å². The van der Waals surface area contributed by atoms with Crippen molar-refractivity contribution < 1.29 is 14.3 Å². The second kappa shape index (κ2) is 10.8. The van der Waals surface area contributed by atoms with Crippen molar-refractivity contribution in [3.05, 3.63) is 72.7 Å². The molecule has 1 aromatic carbocycles. The molecule has 8 heteroatoms. The zero-order chi connectivity index (χ0) is 23.9. The van der Waals surface area contributed by atoms with E-state index in [-0.39, 0.29) is 11.8 Å². The molecule has 2 N–H and O–H groups in total. The van der Waals surface area contributed by atoms with Gasteiger partial charge in [-0.05, 0) is 61.2 Å². The molecule has 1 aliphatic rings. The van der Waals surface area contributed by atoms with Crippen LogP contribution in [0.25, 0.3) is 0 Å². The summed E-state index contributed by atoms with van der Waals surface area (Å²) in [5.41, 5.74) is 3.00. The maximum Gasteiger partial charge on any atom is 0.251 e. The summed E-state index contributed by atoms with van der Waals surface area (Å²) in [6, 6.07) is 13.9. The third-order valence-electron chi connectivity index (χ3n) is 5.96. The number of rotatable bonds is 10. The van der Waals surface area contributed by atoms with E-state index in [1.165, 1.54) is 26.1 Å². The largest absolute Gasteiger partial charge is 0.481 e. The van der Waals surface area contributed by atoms with E-state index in [0.29, 0.717) is 29.5 Å². The first-order valence-corrected chi connectivity index (χ1v) is 11.4. The fourth-order valence-corrected chi connectivity index (χ4v) is 3.68. The van der Waals surface area contributed by atoms with Crippen molar-refractivity contribution in [1.82, 2.24) is 15.3 Å². The third-order valence-corrected chi connectivity index (χ3v) is 5.96. The summed E-state index contributed by atoms with van der Waals surface area (Å²) in [7, 11) is 3.49. The number of amides is 2. The fraction of sp³-hybridized carbons (Fsp3) is 0.308. The lowest BCUT2D eigenvalue weighted by atomic mass is 10.1. The number of hydrogen-bond donors (Lipinski definition) is 2. The summed E-state index contributed by atoms with van der Waals surface area (Å²) < 4.78 is 5.06. The predicted molar refractivity (Wildman–Crippen MR) is 131 cm³/mol. The van der Waals surface area contributed by atoms with Gasteiger partial charge in [0.1, 0.15) is 6.04 Å². The lowest BCUT2D eigenvalue weighted by Crippen LogP contribution is -2.43. The van der Waals surface area contributed by atoms with Gasteiger partial charge in [-0.3, -0.25) is 14.6 Å². The minimum absolute atomic E-state index is 0.255. The van der Waals surface area contributed by atoms with E-state index >= 15 is 0 Å². The van der Waals surface area contributed by atoms with Gasteiger partial charge in [0.05, 0.1) is 19.0 Å². The molecule has 0 radical (unpaired) electrons. The van der Waals surface area contributed by atoms with Crippen molar-refractivity contribution in [2.24, 2.45) is 5.92 Å². The predicted octanol–water partition coefficient (Wildman–Crippen LogP) is 4.18. The van der Waals surface area contributed by atoms with Crippen LogP contribution in [0.1, 0.15) is 36.0 Å². The number of anilines is 3. The Balaban J connectivity index is 1.41. The number of carbonyl (C=O) groups is 2. The standard InChI is InChI=1S/C26H29N5O3/c1-31(22-13-15-27-16-14-22)21-9-6-19(7-10-21)25(32)30-23(11-5-18-3-4-18)26(33)29-20-8-12-24(34-2)28-17-20/h6-10,12-18,23H,3-5,11H2,1-2H3,(H,29,33)(H,30,32). The molecule has 0 bridgehead atoms. The van der Waals surface area contributed by atoms with Gasteiger partial charge in [0.25, 0.3) is 5.91 Å². The average molecular weight is 460 g/mol. The van der Waals surface area contributed by atoms with E-state index < -0.39 is 6.04 Å². The summed E-state index contributed by atoms with van der Waals surface area (Å²) >= 11 is 0. The second-order valence-corrected chi connectivity index (χ2v) is 8.44. The van der Waals surface area contributed by atoms with Crippen LogP contribution in [0.15, 0.2) is 67.1 Å². The maximum atomic E-state index is 13.0. The quantitative estimate of drug-likeness (QED) is 0.472. The van der Waals surface area contributed by atoms with Crippen LogP contribution in [0, 0.1) is 5.92 Å². The number of aromatic nitrogens is 2. The molecule has 3 aromatic rings. The van der Waals surface area contributed by atoms with Gasteiger partial charge in [-0.25, -0.2) is 4.98 Å². The van der Waals surface area contributed by atoms with Crippen molar-refractivity contribution in [1.29, 1.82) is 0 Å². The Morgan fingerprint density at radius 2 is 1.76 bits per heavy atom. The van der Waals surface area contributed by atoms with Gasteiger partial charge in [-0.15, -0.1) is 0 Å². The zero-order valence-electron chi connectivity index (χ0n) is 19.4. The van der Waals surface area contributed by atoms with Gasteiger partial charge in [-0.1, -0.05) is 12.8 Å². The van der Waals surface area contributed by atoms with Crippen molar-refractivity contribution in [2.45, 2.75) is 31.7 Å². The van der Waals surface area contributed by atoms with Crippen molar-refractivity contribution in [2.75, 3.05) is 24.4 Å². The molecular formula is C26H29N5O3. The maximum absolute atomic E-state index is 13.0. The zero-order valence-corrected chi connectivity index (χ0v) is 19.4. The summed E-state index contributed by atoms with van der Waals surface area (Å²) in [6.07, 6.45) is 8.90. The normalized spacial score (nSPS) is 13.6. The lowest BCUT2D eigenvalue weighted by molar-refractivity contribution is -0.118. The average Bonchev–Trinajstić information content (AvgIpc) is 3.71. The van der Waals surface area contributed by atoms with Gasteiger partial charge in [0.2, 0.25) is 11.8 Å². The van der Waals surface area contributed by atoms with Crippen LogP contribution in [0.3, 0.4) is 0 Å². The van der Waals surface area contributed by atoms with E-state index in [1.807, 2.05) is 36.2 Å². The van der Waals surface area contributed by atoms with E-state index in [0.717, 1.165) is 17.8 Å². The minimum Gasteiger partial charge on any atom is -0.481 e. The number of carbonyl (C=O) groups excluding carboxylic acids is 2. The van der Waals surface area contributed by atoms with E-state index in [2.05, 4.69) is 20.6 Å². The van der Waals surface area contributed by atoms with E-state index in [9.17, 15) is 9.59 Å². The van der Waals surface area contributed by atoms with Crippen LogP contribution in [0.4, 0.5) is 17.1 Å². The minimum atomic E-state index is -0.630. The molecule has 0 spiro atoms. The Hall–Kier alpha value is -3.94. The van der Waals surface area contributed by atoms with Gasteiger partial charge >= 0.3 is 0 Å². The van der Waals surface area contributed by atoms with Crippen LogP contribution in [-0.2, 0) is 4.79 Å². The van der Waals surface area contributed by atoms with Gasteiger partial charge < -0.3 is 20.3 Å². The summed E-state index contributed by atoms with van der Waals surface area (Å²) in [4.78, 5) is 36.1. The highest BCUT2D eigenvalue weighted by molar-refractivity contribution is 6.01. The van der Waals surface area contributed by atoms with Gasteiger partial charge in [0.15, 0.2) is 0 Å². The Morgan fingerprint density at radius 3 is 2.38 bits per heavy atom. The van der Waals surface area contributed by atoms with Crippen molar-refractivity contribution >= 4 is 28.9 Å². The summed E-state index contributed by atoms with van der Waals surface area (Å²) in [6.45, 7) is 0. The molecule has 2 amide bonds. The molecule has 0 saturated heterocycles. The number of hydrogen-bond acceptors (Lipinski definition) is 6. The number of benzene rings is 1. The third kappa shape index (κ3) is 6.10. The first-order valence-electron chi connectivity index (χ1n) is 11.4. The van der Waals surface area contributed by atoms with E-state index in [4.69, 9.17) is 4.74 Å². The molecule has 1 saturated carbocycles. The second-order valence-electron chi connectivity index (χ2n) is 8.44. The van der Waals surface area contributed by atoms with Crippen LogP contribution in [0.2, 0.25) is 0 Å². The molecular weight excluding hydrogens is 430 g/mol. The smallest absolute Gasteiger partial charge is 0.251 e. The van der Waals surface area contributed by atoms with Crippen LogP contribution in [-0.4, -0.2) is 42.0 Å². The molecule has 34 heavy (non-hydrogen) atoms. The van der Waals surface area contributed by atoms with Crippen molar-refractivity contribution in [3.63, 3.8) is 0 Å². The number of methoxy groups -OCH3 is 1. The molecule has 1 fully saturated rings. The SMILES string of the molecule is COc1ccc(NC(=O)C(CCC2CC2)NC(=O)c2ccc(N(C)c3ccncc3)cc2)cn1. The molecule has 2 heterocycles. The lowest BCUT2D eigenvalue weighted by Gasteiger charge is -2.20. The monoisotopic (exact) mass is 459 g/mol. The molecule has 1 aliphatic carbocycles. The summed E-state index contributed by atoms with van der Waals surface area (Å²) in [5, 5.41) is 5.77. The van der Waals surface area contributed by atoms with Crippen molar-refractivity contribution in [3.8, 4) is 5.88 Å². The molecule has 176 valence electrons. The Labute approximate surface area is 199 Å². The topological polar surface area (TPSA) is 96.5 Å². The van der Waals surface area contributed by atoms with Crippen LogP contribution < -0.4 is 20.3 Å². The van der Waals surface area contributed by atoms with Gasteiger partial charge in [-0.2, -0.15) is 0 Å². The Morgan fingerprint density at radius 1 is 1.06 bits per heavy atom. The highest BCUT2D eigenvalue weighted by Gasteiger charge is 2.27. The molecule has 2 aromatic heterocycles. The Kier molecular flexibility index (Phi) is 7.37. The van der Waals surface area contributed by atoms with E-state index in [1.54, 1.807) is 36.7 Å². The molecule has 4 rings (SSSR count). The fourth-order valence-electron chi connectivity index (χ4n) is 3.68.